The second kappa shape index (κ2) is 3.36. The lowest BCUT2D eigenvalue weighted by atomic mass is 10.1. The van der Waals surface area contributed by atoms with Crippen molar-refractivity contribution in [3.8, 4) is 0 Å². The number of hydrogen-bond acceptors (Lipinski definition) is 6. The molecule has 6 nitrogen and oxygen atoms in total. The molecular formula is C10H4N3O3S-. The summed E-state index contributed by atoms with van der Waals surface area (Å²) >= 11 is 1.14. The molecule has 0 aliphatic carbocycles. The second-order valence-corrected chi connectivity index (χ2v) is 4.00. The molecule has 0 amide bonds. The van der Waals surface area contributed by atoms with Crippen LogP contribution in [0.25, 0.3) is 21.9 Å². The minimum atomic E-state index is -1.52. The highest BCUT2D eigenvalue weighted by Gasteiger charge is 2.10. The van der Waals surface area contributed by atoms with Crippen LogP contribution in [0.15, 0.2) is 23.1 Å². The Morgan fingerprint density at radius 1 is 1.35 bits per heavy atom. The predicted molar refractivity (Wildman–Crippen MR) is 59.9 cm³/mol. The minimum Gasteiger partial charge on any atom is -0.545 e. The molecule has 0 saturated heterocycles. The van der Waals surface area contributed by atoms with E-state index in [1.165, 1.54) is 6.07 Å². The minimum absolute atomic E-state index is 0.235. The van der Waals surface area contributed by atoms with Crippen LogP contribution in [0.4, 0.5) is 0 Å². The number of rotatable bonds is 1. The fourth-order valence-electron chi connectivity index (χ4n) is 1.66. The molecule has 0 aliphatic heterocycles. The Balaban J connectivity index is 2.53. The summed E-state index contributed by atoms with van der Waals surface area (Å²) in [5, 5.41) is 10.9. The summed E-state index contributed by atoms with van der Waals surface area (Å²) < 4.78 is 7.01. The zero-order valence-electron chi connectivity index (χ0n) is 8.26. The van der Waals surface area contributed by atoms with Gasteiger partial charge in [-0.1, -0.05) is 0 Å². The maximum absolute atomic E-state index is 11.8. The third-order valence-electron chi connectivity index (χ3n) is 2.48. The highest BCUT2D eigenvalue weighted by Crippen LogP contribution is 2.19. The molecule has 0 saturated carbocycles. The van der Waals surface area contributed by atoms with E-state index in [0.717, 1.165) is 23.4 Å². The van der Waals surface area contributed by atoms with Crippen molar-refractivity contribution in [3.63, 3.8) is 0 Å². The molecule has 84 valence electrons. The summed E-state index contributed by atoms with van der Waals surface area (Å²) in [6, 6.07) is 3.20. The Morgan fingerprint density at radius 3 is 2.94 bits per heavy atom. The second-order valence-electron chi connectivity index (χ2n) is 3.43. The molecule has 0 fully saturated rings. The van der Waals surface area contributed by atoms with Crippen molar-refractivity contribution in [1.82, 2.24) is 13.7 Å². The van der Waals surface area contributed by atoms with Crippen LogP contribution in [0.2, 0.25) is 0 Å². The van der Waals surface area contributed by atoms with E-state index in [1.807, 2.05) is 0 Å². The highest BCUT2D eigenvalue weighted by atomic mass is 32.1. The SMILES string of the molecule is O=C([O-])c1cnc2c(ccc3[nH]snc32)c1=O. The fourth-order valence-corrected chi connectivity index (χ4v) is 2.25. The van der Waals surface area contributed by atoms with Crippen LogP contribution < -0.4 is 10.5 Å². The van der Waals surface area contributed by atoms with Gasteiger partial charge in [-0.3, -0.25) is 14.2 Å². The standard InChI is InChI=1S/C10H5N3O3S/c14-9-4-1-2-6-8(13-17-12-6)7(4)11-3-5(9)10(15)16/h1-3,12H,(H,15,16)/p-1. The van der Waals surface area contributed by atoms with Gasteiger partial charge in [0.25, 0.3) is 0 Å². The van der Waals surface area contributed by atoms with Gasteiger partial charge in [0, 0.05) is 17.9 Å². The van der Waals surface area contributed by atoms with E-state index in [9.17, 15) is 14.7 Å². The number of carboxylic acids is 1. The lowest BCUT2D eigenvalue weighted by Gasteiger charge is -2.02. The van der Waals surface area contributed by atoms with E-state index in [2.05, 4.69) is 13.7 Å². The quantitative estimate of drug-likeness (QED) is 0.646. The van der Waals surface area contributed by atoms with Gasteiger partial charge in [-0.15, -0.1) is 0 Å². The predicted octanol–water partition coefficient (Wildman–Crippen LogP) is -0.104. The molecule has 2 aromatic heterocycles. The molecule has 1 N–H and O–H groups in total. The first-order valence-electron chi connectivity index (χ1n) is 4.65. The monoisotopic (exact) mass is 246 g/mol. The van der Waals surface area contributed by atoms with E-state index in [0.29, 0.717) is 11.0 Å². The van der Waals surface area contributed by atoms with Crippen molar-refractivity contribution in [2.24, 2.45) is 0 Å². The van der Waals surface area contributed by atoms with Gasteiger partial charge >= 0.3 is 0 Å². The molecule has 1 aromatic carbocycles. The van der Waals surface area contributed by atoms with E-state index in [-0.39, 0.29) is 5.39 Å². The summed E-state index contributed by atoms with van der Waals surface area (Å²) in [4.78, 5) is 26.5. The summed E-state index contributed by atoms with van der Waals surface area (Å²) in [5.41, 5.74) is 0.695. The molecule has 0 aliphatic rings. The molecule has 7 heteroatoms. The van der Waals surface area contributed by atoms with Crippen LogP contribution in [0, 0.1) is 0 Å². The Kier molecular flexibility index (Phi) is 1.96. The first kappa shape index (κ1) is 9.91. The maximum Gasteiger partial charge on any atom is 0.198 e. The van der Waals surface area contributed by atoms with Crippen molar-refractivity contribution < 1.29 is 9.90 Å². The summed E-state index contributed by atoms with van der Waals surface area (Å²) in [6.07, 6.45) is 1.01. The number of H-pyrrole nitrogens is 1. The lowest BCUT2D eigenvalue weighted by molar-refractivity contribution is -0.255. The van der Waals surface area contributed by atoms with Crippen molar-refractivity contribution >= 4 is 39.6 Å². The van der Waals surface area contributed by atoms with Crippen LogP contribution in [-0.4, -0.2) is 19.7 Å². The Hall–Kier alpha value is -2.28. The number of nitrogens with zero attached hydrogens (tertiary/aromatic N) is 2. The maximum atomic E-state index is 11.8. The third kappa shape index (κ3) is 1.32. The van der Waals surface area contributed by atoms with Gasteiger partial charge < -0.3 is 9.90 Å². The van der Waals surface area contributed by atoms with Crippen molar-refractivity contribution in [2.75, 3.05) is 0 Å². The molecule has 3 aromatic rings. The number of hydrogen-bond donors (Lipinski definition) is 1. The normalized spacial score (nSPS) is 11.1. The van der Waals surface area contributed by atoms with Gasteiger partial charge in [0.15, 0.2) is 5.43 Å². The van der Waals surface area contributed by atoms with Crippen molar-refractivity contribution in [1.29, 1.82) is 0 Å². The molecular weight excluding hydrogens is 242 g/mol. The van der Waals surface area contributed by atoms with E-state index >= 15 is 0 Å². The molecule has 0 unspecified atom stereocenters. The van der Waals surface area contributed by atoms with E-state index in [1.54, 1.807) is 6.07 Å². The average Bonchev–Trinajstić information content (AvgIpc) is 2.77. The number of aromatic nitrogens is 3. The van der Waals surface area contributed by atoms with Gasteiger partial charge in [-0.05, 0) is 12.1 Å². The largest absolute Gasteiger partial charge is 0.545 e. The van der Waals surface area contributed by atoms with E-state index < -0.39 is 17.0 Å². The van der Waals surface area contributed by atoms with Gasteiger partial charge in [-0.2, -0.15) is 4.37 Å². The first-order chi connectivity index (χ1) is 8.18. The van der Waals surface area contributed by atoms with Crippen LogP contribution in [-0.2, 0) is 0 Å². The van der Waals surface area contributed by atoms with Gasteiger partial charge in [0.05, 0.1) is 22.4 Å². The molecule has 3 rings (SSSR count). The molecule has 2 heterocycles. The smallest absolute Gasteiger partial charge is 0.198 e. The van der Waals surface area contributed by atoms with Gasteiger partial charge in [-0.25, -0.2) is 0 Å². The number of carbonyl (C=O) groups excluding carboxylic acids is 1. The average molecular weight is 246 g/mol. The van der Waals surface area contributed by atoms with Crippen LogP contribution in [0.5, 0.6) is 0 Å². The fraction of sp³-hybridized carbons (Fsp3) is 0. The van der Waals surface area contributed by atoms with Crippen LogP contribution in [0.1, 0.15) is 10.4 Å². The number of nitrogens with one attached hydrogen (secondary N) is 1. The highest BCUT2D eigenvalue weighted by molar-refractivity contribution is 7.00. The number of fused-ring (bicyclic) bond motifs is 3. The summed E-state index contributed by atoms with van der Waals surface area (Å²) in [6.45, 7) is 0. The number of carbonyl (C=O) groups is 1. The van der Waals surface area contributed by atoms with Crippen molar-refractivity contribution in [3.05, 3.63) is 34.1 Å². The Labute approximate surface area is 97.9 Å². The molecule has 0 radical (unpaired) electrons. The number of aromatic carboxylic acids is 1. The molecule has 0 atom stereocenters. The third-order valence-corrected chi connectivity index (χ3v) is 3.06. The number of aromatic amines is 1. The van der Waals surface area contributed by atoms with Crippen LogP contribution in [0.3, 0.4) is 0 Å². The first-order valence-corrected chi connectivity index (χ1v) is 5.43. The molecule has 17 heavy (non-hydrogen) atoms. The Bertz CT molecular complexity index is 805. The molecule has 0 spiro atoms. The topological polar surface area (TPSA) is 98.8 Å². The number of pyridine rings is 1. The molecule has 0 bridgehead atoms. The lowest BCUT2D eigenvalue weighted by Crippen LogP contribution is -2.29. The number of benzene rings is 1. The van der Waals surface area contributed by atoms with E-state index in [4.69, 9.17) is 0 Å². The van der Waals surface area contributed by atoms with Gasteiger partial charge in [0.2, 0.25) is 0 Å². The summed E-state index contributed by atoms with van der Waals surface area (Å²) in [5.74, 6) is -1.52. The van der Waals surface area contributed by atoms with Gasteiger partial charge in [0.1, 0.15) is 11.0 Å². The van der Waals surface area contributed by atoms with Crippen molar-refractivity contribution in [2.45, 2.75) is 0 Å². The Morgan fingerprint density at radius 2 is 2.18 bits per heavy atom. The zero-order chi connectivity index (χ0) is 12.0. The number of carboxylic acid groups (broad SMARTS) is 1. The van der Waals surface area contributed by atoms with Crippen LogP contribution >= 0.6 is 11.7 Å². The zero-order valence-corrected chi connectivity index (χ0v) is 9.08. The summed E-state index contributed by atoms with van der Waals surface area (Å²) in [7, 11) is 0.